The predicted octanol–water partition coefficient (Wildman–Crippen LogP) is 5.21. The second-order valence-electron chi connectivity index (χ2n) is 9.02. The van der Waals surface area contributed by atoms with Crippen molar-refractivity contribution in [1.29, 1.82) is 0 Å². The molecule has 1 saturated heterocycles. The van der Waals surface area contributed by atoms with Crippen LogP contribution >= 0.6 is 11.8 Å². The fourth-order valence-electron chi connectivity index (χ4n) is 3.66. The van der Waals surface area contributed by atoms with E-state index in [1.165, 1.54) is 0 Å². The first-order valence-electron chi connectivity index (χ1n) is 12.3. The highest BCUT2D eigenvalue weighted by Crippen LogP contribution is 2.35. The fraction of sp³-hybridized carbons (Fsp3) is 0.357. The van der Waals surface area contributed by atoms with Gasteiger partial charge in [0.15, 0.2) is 18.1 Å². The largest absolute Gasteiger partial charge is 0.490 e. The maximum Gasteiger partial charge on any atom is 0.326 e. The van der Waals surface area contributed by atoms with Crippen molar-refractivity contribution in [2.24, 2.45) is 0 Å². The van der Waals surface area contributed by atoms with Crippen LogP contribution in [-0.2, 0) is 19.1 Å². The molecule has 0 unspecified atom stereocenters. The van der Waals surface area contributed by atoms with Gasteiger partial charge in [0, 0.05) is 5.69 Å². The van der Waals surface area contributed by atoms with Crippen LogP contribution in [0.15, 0.2) is 47.4 Å². The molecule has 3 amide bonds. The van der Waals surface area contributed by atoms with Gasteiger partial charge in [0.1, 0.15) is 6.54 Å². The molecule has 2 aromatic rings. The SMILES string of the molecule is CCOc1cc(/C=C2\SC(=O)N(CC(=O)OC(C)C)C2=O)ccc1OCC(=O)Nc1ccccc1C(C)C. The minimum absolute atomic E-state index is 0.173. The van der Waals surface area contributed by atoms with Gasteiger partial charge in [-0.15, -0.1) is 0 Å². The molecule has 1 aliphatic heterocycles. The Kier molecular flexibility index (Phi) is 9.95. The van der Waals surface area contributed by atoms with Crippen molar-refractivity contribution >= 4 is 46.5 Å². The first kappa shape index (κ1) is 28.8. The Labute approximate surface area is 226 Å². The van der Waals surface area contributed by atoms with E-state index in [1.54, 1.807) is 38.1 Å². The van der Waals surface area contributed by atoms with Crippen molar-refractivity contribution in [3.8, 4) is 11.5 Å². The normalized spacial score (nSPS) is 14.4. The van der Waals surface area contributed by atoms with Crippen LogP contribution in [0.5, 0.6) is 11.5 Å². The summed E-state index contributed by atoms with van der Waals surface area (Å²) in [6.07, 6.45) is 1.19. The van der Waals surface area contributed by atoms with Crippen LogP contribution < -0.4 is 14.8 Å². The standard InChI is InChI=1S/C28H32N2O7S/c1-6-35-23-13-19(14-24-27(33)30(28(34)38-24)15-26(32)37-18(4)5)11-12-22(23)36-16-25(31)29-21-10-8-7-9-20(21)17(2)3/h7-14,17-18H,6,15-16H2,1-5H3,(H,29,31)/b24-14-. The Morgan fingerprint density at radius 1 is 1.03 bits per heavy atom. The minimum Gasteiger partial charge on any atom is -0.490 e. The quantitative estimate of drug-likeness (QED) is 0.305. The maximum absolute atomic E-state index is 12.7. The molecule has 0 radical (unpaired) electrons. The van der Waals surface area contributed by atoms with Crippen molar-refractivity contribution in [2.75, 3.05) is 25.1 Å². The van der Waals surface area contributed by atoms with E-state index >= 15 is 0 Å². The average molecular weight is 541 g/mol. The van der Waals surface area contributed by atoms with Gasteiger partial charge in [0.25, 0.3) is 17.1 Å². The van der Waals surface area contributed by atoms with Crippen LogP contribution in [-0.4, -0.2) is 53.8 Å². The summed E-state index contributed by atoms with van der Waals surface area (Å²) < 4.78 is 16.5. The number of carbonyl (C=O) groups is 4. The molecule has 0 atom stereocenters. The minimum atomic E-state index is -0.652. The zero-order chi connectivity index (χ0) is 27.8. The van der Waals surface area contributed by atoms with Gasteiger partial charge in [-0.1, -0.05) is 38.1 Å². The third-order valence-electron chi connectivity index (χ3n) is 5.31. The van der Waals surface area contributed by atoms with Crippen molar-refractivity contribution in [3.63, 3.8) is 0 Å². The van der Waals surface area contributed by atoms with Crippen molar-refractivity contribution < 1.29 is 33.4 Å². The van der Waals surface area contributed by atoms with Crippen LogP contribution in [0.3, 0.4) is 0 Å². The number of benzene rings is 2. The van der Waals surface area contributed by atoms with Crippen LogP contribution in [0, 0.1) is 0 Å². The lowest BCUT2D eigenvalue weighted by Gasteiger charge is -2.15. The Morgan fingerprint density at radius 3 is 2.45 bits per heavy atom. The lowest BCUT2D eigenvalue weighted by atomic mass is 10.0. The number of hydrogen-bond donors (Lipinski definition) is 1. The van der Waals surface area contributed by atoms with E-state index < -0.39 is 23.7 Å². The number of anilines is 1. The smallest absolute Gasteiger partial charge is 0.326 e. The summed E-state index contributed by atoms with van der Waals surface area (Å²) in [5.41, 5.74) is 2.36. The molecule has 38 heavy (non-hydrogen) atoms. The molecule has 1 heterocycles. The van der Waals surface area contributed by atoms with Crippen LogP contribution in [0.4, 0.5) is 10.5 Å². The van der Waals surface area contributed by atoms with Crippen molar-refractivity contribution in [3.05, 3.63) is 58.5 Å². The third-order valence-corrected chi connectivity index (χ3v) is 6.22. The lowest BCUT2D eigenvalue weighted by molar-refractivity contribution is -0.149. The van der Waals surface area contributed by atoms with Gasteiger partial charge in [0.2, 0.25) is 0 Å². The Balaban J connectivity index is 1.69. The van der Waals surface area contributed by atoms with Gasteiger partial charge < -0.3 is 19.5 Å². The number of amides is 3. The summed E-state index contributed by atoms with van der Waals surface area (Å²) in [5, 5.41) is 2.34. The monoisotopic (exact) mass is 540 g/mol. The highest BCUT2D eigenvalue weighted by atomic mass is 32.2. The lowest BCUT2D eigenvalue weighted by Crippen LogP contribution is -2.35. The van der Waals surface area contributed by atoms with Gasteiger partial charge >= 0.3 is 5.97 Å². The van der Waals surface area contributed by atoms with Gasteiger partial charge in [0.05, 0.1) is 17.6 Å². The van der Waals surface area contributed by atoms with Crippen molar-refractivity contribution in [1.82, 2.24) is 4.90 Å². The first-order valence-corrected chi connectivity index (χ1v) is 13.1. The molecule has 0 spiro atoms. The average Bonchev–Trinajstić information content (AvgIpc) is 3.10. The molecule has 1 aliphatic rings. The summed E-state index contributed by atoms with van der Waals surface area (Å²) in [7, 11) is 0. The van der Waals surface area contributed by atoms with E-state index in [2.05, 4.69) is 19.2 Å². The summed E-state index contributed by atoms with van der Waals surface area (Å²) >= 11 is 0.745. The highest BCUT2D eigenvalue weighted by Gasteiger charge is 2.36. The molecule has 1 fully saturated rings. The summed E-state index contributed by atoms with van der Waals surface area (Å²) in [5.74, 6) is -0.538. The van der Waals surface area contributed by atoms with E-state index in [9.17, 15) is 19.2 Å². The molecule has 0 saturated carbocycles. The molecule has 2 aromatic carbocycles. The number of imide groups is 1. The number of ether oxygens (including phenoxy) is 3. The molecule has 1 N–H and O–H groups in total. The fourth-order valence-corrected chi connectivity index (χ4v) is 4.50. The molecule has 202 valence electrons. The second-order valence-corrected chi connectivity index (χ2v) is 10.0. The number of nitrogens with zero attached hydrogens (tertiary/aromatic N) is 1. The zero-order valence-electron chi connectivity index (χ0n) is 22.1. The summed E-state index contributed by atoms with van der Waals surface area (Å²) in [6, 6.07) is 12.6. The molecule has 9 nitrogen and oxygen atoms in total. The van der Waals surface area contributed by atoms with Crippen LogP contribution in [0.1, 0.15) is 51.7 Å². The van der Waals surface area contributed by atoms with Crippen LogP contribution in [0.2, 0.25) is 0 Å². The number of nitrogens with one attached hydrogen (secondary N) is 1. The topological polar surface area (TPSA) is 111 Å². The number of para-hydroxylation sites is 1. The number of esters is 1. The van der Waals surface area contributed by atoms with Gasteiger partial charge in [-0.2, -0.15) is 0 Å². The van der Waals surface area contributed by atoms with E-state index in [1.807, 2.05) is 31.2 Å². The maximum atomic E-state index is 12.7. The molecule has 0 bridgehead atoms. The van der Waals surface area contributed by atoms with Gasteiger partial charge in [-0.3, -0.25) is 24.1 Å². The van der Waals surface area contributed by atoms with Crippen molar-refractivity contribution in [2.45, 2.75) is 46.6 Å². The summed E-state index contributed by atoms with van der Waals surface area (Å²) in [6.45, 7) is 8.98. The Bertz CT molecular complexity index is 1240. The Hall–Kier alpha value is -3.79. The molecule has 0 aromatic heterocycles. The molecule has 10 heteroatoms. The third kappa shape index (κ3) is 7.61. The number of hydrogen-bond acceptors (Lipinski definition) is 8. The zero-order valence-corrected chi connectivity index (χ0v) is 22.9. The molecule has 3 rings (SSSR count). The number of thioether (sulfide) groups is 1. The Morgan fingerprint density at radius 2 is 1.76 bits per heavy atom. The van der Waals surface area contributed by atoms with E-state index in [4.69, 9.17) is 14.2 Å². The van der Waals surface area contributed by atoms with E-state index in [0.29, 0.717) is 23.7 Å². The second kappa shape index (κ2) is 13.1. The predicted molar refractivity (Wildman–Crippen MR) is 146 cm³/mol. The highest BCUT2D eigenvalue weighted by molar-refractivity contribution is 8.18. The number of carbonyl (C=O) groups excluding carboxylic acids is 4. The van der Waals surface area contributed by atoms with E-state index in [-0.39, 0.29) is 29.4 Å². The summed E-state index contributed by atoms with van der Waals surface area (Å²) in [4.78, 5) is 50.5. The van der Waals surface area contributed by atoms with Gasteiger partial charge in [-0.05, 0) is 73.9 Å². The number of rotatable bonds is 11. The van der Waals surface area contributed by atoms with Gasteiger partial charge in [-0.25, -0.2) is 0 Å². The molecule has 0 aliphatic carbocycles. The molecular formula is C28H32N2O7S. The first-order chi connectivity index (χ1) is 18.1. The van der Waals surface area contributed by atoms with Crippen LogP contribution in [0.25, 0.3) is 6.08 Å². The van der Waals surface area contributed by atoms with E-state index in [0.717, 1.165) is 27.9 Å². The molecular weight excluding hydrogens is 508 g/mol.